The number of carbonyl (C=O) groups is 1. The van der Waals surface area contributed by atoms with Crippen LogP contribution in [0.1, 0.15) is 35.9 Å². The van der Waals surface area contributed by atoms with Crippen molar-refractivity contribution in [1.29, 1.82) is 0 Å². The van der Waals surface area contributed by atoms with Crippen LogP contribution in [0.5, 0.6) is 0 Å². The number of aryl methyl sites for hydroxylation is 2. The predicted octanol–water partition coefficient (Wildman–Crippen LogP) is 1.29. The molecule has 0 fully saturated rings. The van der Waals surface area contributed by atoms with Gasteiger partial charge in [0.05, 0.1) is 18.5 Å². The molecular weight excluding hydrogens is 258 g/mol. The minimum atomic E-state index is -0.537. The molecule has 2 N–H and O–H groups in total. The molecule has 0 aromatic carbocycles. The highest BCUT2D eigenvalue weighted by atomic mass is 16.5. The van der Waals surface area contributed by atoms with Crippen LogP contribution < -0.4 is 5.73 Å². The van der Waals surface area contributed by atoms with E-state index in [4.69, 9.17) is 10.5 Å². The number of rotatable bonds is 4. The largest absolute Gasteiger partial charge is 0.461 e. The molecule has 0 radical (unpaired) electrons. The Kier molecular flexibility index (Phi) is 3.97. The Hall–Kier alpha value is -2.44. The molecule has 0 aliphatic heterocycles. The zero-order valence-electron chi connectivity index (χ0n) is 11.8. The molecule has 2 heterocycles. The van der Waals surface area contributed by atoms with Gasteiger partial charge in [-0.15, -0.1) is 0 Å². The molecule has 7 nitrogen and oxygen atoms in total. The van der Waals surface area contributed by atoms with E-state index in [1.807, 2.05) is 19.9 Å². The van der Waals surface area contributed by atoms with Crippen LogP contribution in [-0.4, -0.2) is 32.3 Å². The molecule has 106 valence electrons. The van der Waals surface area contributed by atoms with E-state index >= 15 is 0 Å². The van der Waals surface area contributed by atoms with E-state index in [9.17, 15) is 4.79 Å². The van der Waals surface area contributed by atoms with Gasteiger partial charge >= 0.3 is 5.97 Å². The van der Waals surface area contributed by atoms with Crippen LogP contribution >= 0.6 is 0 Å². The van der Waals surface area contributed by atoms with Gasteiger partial charge in [0.25, 0.3) is 0 Å². The third kappa shape index (κ3) is 2.76. The first-order valence-electron chi connectivity index (χ1n) is 6.42. The maximum Gasteiger partial charge on any atom is 0.361 e. The van der Waals surface area contributed by atoms with Crippen molar-refractivity contribution in [2.75, 3.05) is 12.3 Å². The molecule has 0 bridgehead atoms. The normalized spacial score (nSPS) is 10.6. The Bertz CT molecular complexity index is 636. The second-order valence-electron chi connectivity index (χ2n) is 4.22. The topological polar surface area (TPSA) is 95.9 Å². The van der Waals surface area contributed by atoms with Gasteiger partial charge in [0.15, 0.2) is 11.5 Å². The minimum absolute atomic E-state index is 0.0983. The second-order valence-corrected chi connectivity index (χ2v) is 4.22. The Morgan fingerprint density at radius 2 is 2.15 bits per heavy atom. The van der Waals surface area contributed by atoms with E-state index in [0.29, 0.717) is 11.6 Å². The molecule has 2 aromatic heterocycles. The third-order valence-corrected chi connectivity index (χ3v) is 2.69. The summed E-state index contributed by atoms with van der Waals surface area (Å²) in [6, 6.07) is 1.81. The fraction of sp³-hybridized carbons (Fsp3) is 0.385. The molecule has 0 aliphatic rings. The van der Waals surface area contributed by atoms with Crippen molar-refractivity contribution in [3.8, 4) is 5.82 Å². The van der Waals surface area contributed by atoms with Gasteiger partial charge in [-0.25, -0.2) is 19.4 Å². The smallest absolute Gasteiger partial charge is 0.361 e. The van der Waals surface area contributed by atoms with Gasteiger partial charge in [0, 0.05) is 11.8 Å². The highest BCUT2D eigenvalue weighted by molar-refractivity contribution is 5.92. The van der Waals surface area contributed by atoms with Crippen molar-refractivity contribution in [2.45, 2.75) is 27.2 Å². The van der Waals surface area contributed by atoms with Crippen LogP contribution in [0.2, 0.25) is 0 Å². The van der Waals surface area contributed by atoms with Crippen LogP contribution in [-0.2, 0) is 11.2 Å². The molecule has 2 aromatic rings. The summed E-state index contributed by atoms with van der Waals surface area (Å²) in [4.78, 5) is 20.3. The summed E-state index contributed by atoms with van der Waals surface area (Å²) in [7, 11) is 0. The zero-order chi connectivity index (χ0) is 14.7. The molecule has 20 heavy (non-hydrogen) atoms. The van der Waals surface area contributed by atoms with Crippen LogP contribution in [0, 0.1) is 6.92 Å². The fourth-order valence-corrected chi connectivity index (χ4v) is 1.77. The van der Waals surface area contributed by atoms with Crippen molar-refractivity contribution in [1.82, 2.24) is 19.7 Å². The van der Waals surface area contributed by atoms with Crippen molar-refractivity contribution < 1.29 is 9.53 Å². The number of hydrogen-bond donors (Lipinski definition) is 1. The van der Waals surface area contributed by atoms with E-state index in [1.165, 1.54) is 4.68 Å². The Labute approximate surface area is 116 Å². The first-order chi connectivity index (χ1) is 9.55. The summed E-state index contributed by atoms with van der Waals surface area (Å²) in [5.74, 6) is 0.688. The maximum absolute atomic E-state index is 11.7. The van der Waals surface area contributed by atoms with Crippen molar-refractivity contribution in [3.63, 3.8) is 0 Å². The Balaban J connectivity index is 2.41. The summed E-state index contributed by atoms with van der Waals surface area (Å²) in [6.07, 6.45) is 2.34. The zero-order valence-corrected chi connectivity index (χ0v) is 11.8. The minimum Gasteiger partial charge on any atom is -0.461 e. The van der Waals surface area contributed by atoms with Gasteiger partial charge in [-0.1, -0.05) is 6.92 Å². The number of ether oxygens (including phenoxy) is 1. The summed E-state index contributed by atoms with van der Waals surface area (Å²) >= 11 is 0. The molecule has 0 saturated carbocycles. The van der Waals surface area contributed by atoms with Gasteiger partial charge in [0.2, 0.25) is 0 Å². The van der Waals surface area contributed by atoms with Crippen LogP contribution in [0.25, 0.3) is 5.82 Å². The van der Waals surface area contributed by atoms with E-state index in [2.05, 4.69) is 15.1 Å². The first-order valence-corrected chi connectivity index (χ1v) is 6.42. The molecule has 2 rings (SSSR count). The molecule has 0 spiro atoms. The van der Waals surface area contributed by atoms with E-state index in [-0.39, 0.29) is 18.0 Å². The van der Waals surface area contributed by atoms with Crippen LogP contribution in [0.4, 0.5) is 5.69 Å². The summed E-state index contributed by atoms with van der Waals surface area (Å²) in [5.41, 5.74) is 7.05. The lowest BCUT2D eigenvalue weighted by Gasteiger charge is -2.04. The van der Waals surface area contributed by atoms with Gasteiger partial charge in [-0.3, -0.25) is 0 Å². The quantitative estimate of drug-likeness (QED) is 0.845. The van der Waals surface area contributed by atoms with Crippen molar-refractivity contribution >= 4 is 11.7 Å². The number of nitrogens with zero attached hydrogens (tertiary/aromatic N) is 4. The average molecular weight is 275 g/mol. The Morgan fingerprint density at radius 3 is 2.80 bits per heavy atom. The molecule has 0 saturated heterocycles. The second kappa shape index (κ2) is 5.68. The molecule has 0 unspecified atom stereocenters. The monoisotopic (exact) mass is 275 g/mol. The lowest BCUT2D eigenvalue weighted by atomic mass is 10.3. The SMILES string of the molecule is CCOC(=O)c1nn(-c2cc(CC)nc(C)n2)cc1N. The van der Waals surface area contributed by atoms with Crippen molar-refractivity contribution in [2.24, 2.45) is 0 Å². The number of aromatic nitrogens is 4. The van der Waals surface area contributed by atoms with E-state index in [0.717, 1.165) is 12.1 Å². The average Bonchev–Trinajstić information content (AvgIpc) is 2.80. The summed E-state index contributed by atoms with van der Waals surface area (Å²) < 4.78 is 6.37. The van der Waals surface area contributed by atoms with Gasteiger partial charge < -0.3 is 10.5 Å². The van der Waals surface area contributed by atoms with E-state index in [1.54, 1.807) is 13.1 Å². The molecule has 0 aliphatic carbocycles. The molecular formula is C13H17N5O2. The molecule has 0 atom stereocenters. The van der Waals surface area contributed by atoms with Gasteiger partial charge in [-0.2, -0.15) is 5.10 Å². The van der Waals surface area contributed by atoms with Gasteiger partial charge in [0.1, 0.15) is 5.82 Å². The number of esters is 1. The number of nitrogen functional groups attached to an aromatic ring is 1. The highest BCUT2D eigenvalue weighted by Crippen LogP contribution is 2.15. The number of anilines is 1. The predicted molar refractivity (Wildman–Crippen MR) is 73.6 cm³/mol. The van der Waals surface area contributed by atoms with Gasteiger partial charge in [-0.05, 0) is 20.3 Å². The molecule has 0 amide bonds. The van der Waals surface area contributed by atoms with Crippen molar-refractivity contribution in [3.05, 3.63) is 29.5 Å². The summed E-state index contributed by atoms with van der Waals surface area (Å²) in [5, 5.41) is 4.14. The lowest BCUT2D eigenvalue weighted by Crippen LogP contribution is -2.09. The highest BCUT2D eigenvalue weighted by Gasteiger charge is 2.17. The van der Waals surface area contributed by atoms with Crippen LogP contribution in [0.15, 0.2) is 12.3 Å². The van der Waals surface area contributed by atoms with Crippen LogP contribution in [0.3, 0.4) is 0 Å². The fourth-order valence-electron chi connectivity index (χ4n) is 1.77. The lowest BCUT2D eigenvalue weighted by molar-refractivity contribution is 0.0520. The Morgan fingerprint density at radius 1 is 1.40 bits per heavy atom. The first kappa shape index (κ1) is 14.0. The standard InChI is InChI=1S/C13H17N5O2/c1-4-9-6-11(16-8(3)15-9)18-7-10(14)12(17-18)13(19)20-5-2/h6-7H,4-5,14H2,1-3H3. The summed E-state index contributed by atoms with van der Waals surface area (Å²) in [6.45, 7) is 5.82. The maximum atomic E-state index is 11.7. The number of hydrogen-bond acceptors (Lipinski definition) is 6. The number of carbonyl (C=O) groups excluding carboxylic acids is 1. The molecule has 7 heteroatoms. The third-order valence-electron chi connectivity index (χ3n) is 2.69. The number of nitrogens with two attached hydrogens (primary N) is 1. The van der Waals surface area contributed by atoms with E-state index < -0.39 is 5.97 Å².